The molecule has 0 spiro atoms. The fraction of sp³-hybridized carbons (Fsp3) is 0.261. The Morgan fingerprint density at radius 2 is 1.88 bits per heavy atom. The predicted octanol–water partition coefficient (Wildman–Crippen LogP) is 3.62. The van der Waals surface area contributed by atoms with Crippen LogP contribution in [0.4, 0.5) is 13.2 Å². The topological polar surface area (TPSA) is 94.3 Å². The molecule has 1 N–H and O–H groups in total. The van der Waals surface area contributed by atoms with Crippen molar-refractivity contribution < 1.29 is 22.7 Å². The summed E-state index contributed by atoms with van der Waals surface area (Å²) in [6.07, 6.45) is -3.40. The lowest BCUT2D eigenvalue weighted by Gasteiger charge is -2.25. The smallest absolute Gasteiger partial charge is 0.419 e. The quantitative estimate of drug-likeness (QED) is 0.361. The summed E-state index contributed by atoms with van der Waals surface area (Å²) in [7, 11) is 0. The average molecular weight is 468 g/mol. The molecular formula is C23H19F3N6O2. The van der Waals surface area contributed by atoms with Crippen LogP contribution in [0.25, 0.3) is 28.2 Å². The second-order valence-electron chi connectivity index (χ2n) is 8.16. The van der Waals surface area contributed by atoms with Crippen molar-refractivity contribution >= 4 is 11.6 Å². The Bertz CT molecular complexity index is 1390. The van der Waals surface area contributed by atoms with Crippen LogP contribution in [0.3, 0.4) is 0 Å². The molecule has 0 unspecified atom stereocenters. The van der Waals surface area contributed by atoms with Crippen molar-refractivity contribution in [2.75, 3.05) is 13.1 Å². The molecule has 3 aromatic heterocycles. The molecule has 0 saturated carbocycles. The lowest BCUT2D eigenvalue weighted by molar-refractivity contribution is -0.189. The van der Waals surface area contributed by atoms with Crippen LogP contribution in [-0.4, -0.2) is 50.0 Å². The highest BCUT2D eigenvalue weighted by molar-refractivity contribution is 5.82. The third-order valence-corrected chi connectivity index (χ3v) is 5.60. The Morgan fingerprint density at radius 3 is 2.53 bits per heavy atom. The number of carbonyl (C=O) groups excluding carboxylic acids is 1. The highest BCUT2D eigenvalue weighted by Gasteiger charge is 2.41. The summed E-state index contributed by atoms with van der Waals surface area (Å²) in [5, 5.41) is 16.0. The standard InChI is InChI=1S/C23H19F3N6O2/c1-12-7-19(31-32-11-13(2)28-21(12)32)14-3-4-16(20(8-14)34-22(33)23(24,25)26)18-6-5-17(29-30-18)15-9-27-10-15/h3-8,11,15,27H,9-10H2,1-2H3. The molecule has 5 rings (SSSR count). The number of alkyl halides is 3. The average Bonchev–Trinajstić information content (AvgIpc) is 3.13. The molecular weight excluding hydrogens is 449 g/mol. The van der Waals surface area contributed by atoms with Gasteiger partial charge in [0.2, 0.25) is 0 Å². The number of imidazole rings is 1. The van der Waals surface area contributed by atoms with Crippen LogP contribution in [-0.2, 0) is 4.79 Å². The number of hydrogen-bond donors (Lipinski definition) is 1. The van der Waals surface area contributed by atoms with Gasteiger partial charge in [-0.3, -0.25) is 0 Å². The molecule has 174 valence electrons. The van der Waals surface area contributed by atoms with E-state index in [0.717, 1.165) is 30.0 Å². The highest BCUT2D eigenvalue weighted by Crippen LogP contribution is 2.35. The van der Waals surface area contributed by atoms with Crippen molar-refractivity contribution in [1.29, 1.82) is 0 Å². The van der Waals surface area contributed by atoms with Gasteiger partial charge >= 0.3 is 12.1 Å². The first-order chi connectivity index (χ1) is 16.2. The van der Waals surface area contributed by atoms with Crippen LogP contribution < -0.4 is 10.1 Å². The number of aromatic nitrogens is 5. The van der Waals surface area contributed by atoms with Crippen molar-refractivity contribution in [3.05, 3.63) is 59.5 Å². The third-order valence-electron chi connectivity index (χ3n) is 5.60. The van der Waals surface area contributed by atoms with E-state index in [4.69, 9.17) is 4.74 Å². The van der Waals surface area contributed by atoms with Gasteiger partial charge in [0.25, 0.3) is 0 Å². The predicted molar refractivity (Wildman–Crippen MR) is 116 cm³/mol. The molecule has 1 aromatic carbocycles. The van der Waals surface area contributed by atoms with Crippen molar-refractivity contribution in [3.63, 3.8) is 0 Å². The monoisotopic (exact) mass is 468 g/mol. The molecule has 11 heteroatoms. The first-order valence-corrected chi connectivity index (χ1v) is 10.5. The van der Waals surface area contributed by atoms with Crippen LogP contribution in [0.2, 0.25) is 0 Å². The van der Waals surface area contributed by atoms with Gasteiger partial charge < -0.3 is 10.1 Å². The summed E-state index contributed by atoms with van der Waals surface area (Å²) in [6.45, 7) is 5.29. The van der Waals surface area contributed by atoms with Gasteiger partial charge in [0, 0.05) is 30.1 Å². The maximum Gasteiger partial charge on any atom is 0.491 e. The van der Waals surface area contributed by atoms with Gasteiger partial charge in [-0.05, 0) is 49.7 Å². The zero-order valence-electron chi connectivity index (χ0n) is 18.2. The van der Waals surface area contributed by atoms with Gasteiger partial charge in [-0.2, -0.15) is 28.5 Å². The maximum atomic E-state index is 13.0. The number of aryl methyl sites for hydroxylation is 2. The molecule has 0 amide bonds. The van der Waals surface area contributed by atoms with E-state index in [2.05, 4.69) is 25.6 Å². The van der Waals surface area contributed by atoms with Crippen LogP contribution in [0.15, 0.2) is 42.6 Å². The van der Waals surface area contributed by atoms with Crippen LogP contribution in [0.5, 0.6) is 5.75 Å². The van der Waals surface area contributed by atoms with E-state index in [1.165, 1.54) is 6.07 Å². The molecule has 1 aliphatic rings. The molecule has 8 nitrogen and oxygen atoms in total. The minimum absolute atomic E-state index is 0.211. The van der Waals surface area contributed by atoms with Gasteiger partial charge in [-0.15, -0.1) is 0 Å². The zero-order valence-corrected chi connectivity index (χ0v) is 18.2. The van der Waals surface area contributed by atoms with E-state index in [9.17, 15) is 18.0 Å². The first kappa shape index (κ1) is 22.0. The molecule has 4 aromatic rings. The number of ether oxygens (including phenoxy) is 1. The Balaban J connectivity index is 1.57. The Hall–Kier alpha value is -3.86. The Kier molecular flexibility index (Phi) is 5.28. The van der Waals surface area contributed by atoms with E-state index < -0.39 is 12.1 Å². The maximum absolute atomic E-state index is 13.0. The summed E-state index contributed by atoms with van der Waals surface area (Å²) in [4.78, 5) is 16.1. The number of rotatable bonds is 4. The Morgan fingerprint density at radius 1 is 1.09 bits per heavy atom. The molecule has 0 aliphatic carbocycles. The normalized spacial score (nSPS) is 14.3. The van der Waals surface area contributed by atoms with Gasteiger partial charge in [0.05, 0.1) is 29.0 Å². The van der Waals surface area contributed by atoms with E-state index >= 15 is 0 Å². The number of fused-ring (bicyclic) bond motifs is 1. The number of nitrogens with one attached hydrogen (secondary N) is 1. The number of benzene rings is 1. The number of nitrogens with zero attached hydrogens (tertiary/aromatic N) is 5. The lowest BCUT2D eigenvalue weighted by atomic mass is 9.98. The highest BCUT2D eigenvalue weighted by atomic mass is 19.4. The minimum Gasteiger partial charge on any atom is -0.419 e. The van der Waals surface area contributed by atoms with Crippen LogP contribution in [0, 0.1) is 13.8 Å². The number of esters is 1. The van der Waals surface area contributed by atoms with Crippen molar-refractivity contribution in [2.24, 2.45) is 0 Å². The van der Waals surface area contributed by atoms with E-state index in [1.54, 1.807) is 41.0 Å². The second kappa shape index (κ2) is 8.17. The molecule has 0 radical (unpaired) electrons. The molecule has 1 fully saturated rings. The number of hydrogen-bond acceptors (Lipinski definition) is 7. The van der Waals surface area contributed by atoms with Crippen LogP contribution in [0.1, 0.15) is 22.9 Å². The van der Waals surface area contributed by atoms with E-state index in [0.29, 0.717) is 16.9 Å². The van der Waals surface area contributed by atoms with Crippen molar-refractivity contribution in [2.45, 2.75) is 25.9 Å². The zero-order chi connectivity index (χ0) is 24.0. The van der Waals surface area contributed by atoms with E-state index in [-0.39, 0.29) is 22.9 Å². The SMILES string of the molecule is Cc1cn2nc(-c3ccc(-c4ccc(C5CNC5)nn4)c(OC(=O)C(F)(F)F)c3)cc(C)c2n1. The lowest BCUT2D eigenvalue weighted by Crippen LogP contribution is -2.40. The largest absolute Gasteiger partial charge is 0.491 e. The molecule has 0 bridgehead atoms. The third kappa shape index (κ3) is 4.10. The van der Waals surface area contributed by atoms with Gasteiger partial charge in [0.1, 0.15) is 5.75 Å². The van der Waals surface area contributed by atoms with Gasteiger partial charge in [-0.1, -0.05) is 6.07 Å². The summed E-state index contributed by atoms with van der Waals surface area (Å²) >= 11 is 0. The van der Waals surface area contributed by atoms with Crippen molar-refractivity contribution in [1.82, 2.24) is 30.1 Å². The first-order valence-electron chi connectivity index (χ1n) is 10.5. The molecule has 1 aliphatic heterocycles. The summed E-state index contributed by atoms with van der Waals surface area (Å²) < 4.78 is 45.3. The summed E-state index contributed by atoms with van der Waals surface area (Å²) in [5.41, 5.74) is 4.54. The molecule has 4 heterocycles. The number of carbonyl (C=O) groups is 1. The molecule has 34 heavy (non-hydrogen) atoms. The van der Waals surface area contributed by atoms with Gasteiger partial charge in [-0.25, -0.2) is 14.3 Å². The van der Waals surface area contributed by atoms with Crippen LogP contribution >= 0.6 is 0 Å². The molecule has 1 saturated heterocycles. The number of halogens is 3. The summed E-state index contributed by atoms with van der Waals surface area (Å²) in [5.74, 6) is -2.35. The summed E-state index contributed by atoms with van der Waals surface area (Å²) in [6, 6.07) is 9.78. The fourth-order valence-corrected chi connectivity index (χ4v) is 3.72. The van der Waals surface area contributed by atoms with Crippen molar-refractivity contribution in [3.8, 4) is 28.3 Å². The fourth-order valence-electron chi connectivity index (χ4n) is 3.72. The molecule has 0 atom stereocenters. The van der Waals surface area contributed by atoms with E-state index in [1.807, 2.05) is 13.8 Å². The second-order valence-corrected chi connectivity index (χ2v) is 8.16. The minimum atomic E-state index is -5.15. The van der Waals surface area contributed by atoms with Gasteiger partial charge in [0.15, 0.2) is 5.65 Å². The Labute approximate surface area is 191 Å².